The second kappa shape index (κ2) is 5.00. The summed E-state index contributed by atoms with van der Waals surface area (Å²) in [5.74, 6) is -0.685. The van der Waals surface area contributed by atoms with E-state index in [1.165, 1.54) is 0 Å². The molecule has 0 saturated heterocycles. The van der Waals surface area contributed by atoms with Crippen molar-refractivity contribution in [1.29, 1.82) is 0 Å². The average molecular weight is 271 g/mol. The second-order valence-electron chi connectivity index (χ2n) is 5.26. The van der Waals surface area contributed by atoms with Crippen LogP contribution in [-0.4, -0.2) is 20.6 Å². The van der Waals surface area contributed by atoms with Gasteiger partial charge >= 0.3 is 5.97 Å². The number of carbonyl (C=O) groups is 1. The van der Waals surface area contributed by atoms with Crippen LogP contribution >= 0.6 is 0 Å². The van der Waals surface area contributed by atoms with E-state index >= 15 is 0 Å². The van der Waals surface area contributed by atoms with Crippen molar-refractivity contribution in [2.75, 3.05) is 5.32 Å². The molecule has 2 aromatic rings. The van der Waals surface area contributed by atoms with E-state index in [1.807, 2.05) is 42.1 Å². The van der Waals surface area contributed by atoms with Crippen molar-refractivity contribution in [1.82, 2.24) is 9.55 Å². The molecule has 20 heavy (non-hydrogen) atoms. The highest BCUT2D eigenvalue weighted by Crippen LogP contribution is 2.47. The third-order valence-electron chi connectivity index (χ3n) is 3.84. The van der Waals surface area contributed by atoms with Gasteiger partial charge in [-0.25, -0.2) is 4.98 Å². The topological polar surface area (TPSA) is 67.2 Å². The van der Waals surface area contributed by atoms with Crippen molar-refractivity contribution in [3.63, 3.8) is 0 Å². The van der Waals surface area contributed by atoms with Gasteiger partial charge in [-0.3, -0.25) is 4.79 Å². The minimum Gasteiger partial charge on any atom is -0.481 e. The van der Waals surface area contributed by atoms with Gasteiger partial charge in [0.2, 0.25) is 0 Å². The maximum Gasteiger partial charge on any atom is 0.307 e. The van der Waals surface area contributed by atoms with Gasteiger partial charge < -0.3 is 15.0 Å². The van der Waals surface area contributed by atoms with E-state index in [0.717, 1.165) is 29.9 Å². The molecule has 104 valence electrons. The highest BCUT2D eigenvalue weighted by atomic mass is 16.4. The van der Waals surface area contributed by atoms with Gasteiger partial charge in [0.1, 0.15) is 0 Å². The van der Waals surface area contributed by atoms with Crippen LogP contribution in [0, 0.1) is 5.92 Å². The average Bonchev–Trinajstić information content (AvgIpc) is 3.15. The van der Waals surface area contributed by atoms with E-state index in [9.17, 15) is 4.79 Å². The number of hydrogen-bond donors (Lipinski definition) is 2. The molecule has 5 heteroatoms. The summed E-state index contributed by atoms with van der Waals surface area (Å²) in [5.41, 5.74) is 3.26. The molecule has 1 fully saturated rings. The number of benzene rings is 1. The molecule has 1 saturated carbocycles. The molecular formula is C15H17N3O2. The molecule has 3 rings (SSSR count). The molecule has 1 heterocycles. The van der Waals surface area contributed by atoms with Crippen molar-refractivity contribution in [2.24, 2.45) is 13.0 Å². The molecule has 1 aliphatic rings. The molecule has 1 aliphatic carbocycles. The second-order valence-corrected chi connectivity index (χ2v) is 5.26. The summed E-state index contributed by atoms with van der Waals surface area (Å²) in [7, 11) is 1.96. The molecule has 2 N–H and O–H groups in total. The van der Waals surface area contributed by atoms with Crippen molar-refractivity contribution in [2.45, 2.75) is 18.9 Å². The first-order chi connectivity index (χ1) is 9.65. The van der Waals surface area contributed by atoms with Crippen LogP contribution in [-0.2, 0) is 18.4 Å². The lowest BCUT2D eigenvalue weighted by molar-refractivity contribution is -0.138. The van der Waals surface area contributed by atoms with E-state index in [2.05, 4.69) is 10.3 Å². The third-order valence-corrected chi connectivity index (χ3v) is 3.84. The first-order valence-electron chi connectivity index (χ1n) is 6.67. The van der Waals surface area contributed by atoms with Crippen LogP contribution in [0.1, 0.15) is 23.6 Å². The van der Waals surface area contributed by atoms with Crippen molar-refractivity contribution in [3.05, 3.63) is 48.0 Å². The lowest BCUT2D eigenvalue weighted by Crippen LogP contribution is -2.04. The Morgan fingerprint density at radius 1 is 1.45 bits per heavy atom. The van der Waals surface area contributed by atoms with Crippen LogP contribution in [0.15, 0.2) is 36.8 Å². The predicted octanol–water partition coefficient (Wildman–Crippen LogP) is 2.22. The lowest BCUT2D eigenvalue weighted by Gasteiger charge is -2.08. The van der Waals surface area contributed by atoms with Gasteiger partial charge in [-0.15, -0.1) is 0 Å². The zero-order valence-corrected chi connectivity index (χ0v) is 11.3. The van der Waals surface area contributed by atoms with Gasteiger partial charge in [0.15, 0.2) is 0 Å². The Bertz CT molecular complexity index is 618. The summed E-state index contributed by atoms with van der Waals surface area (Å²) in [5, 5.41) is 12.3. The van der Waals surface area contributed by atoms with E-state index in [1.54, 1.807) is 6.33 Å². The molecule has 5 nitrogen and oxygen atoms in total. The van der Waals surface area contributed by atoms with Crippen LogP contribution in [0.2, 0.25) is 0 Å². The van der Waals surface area contributed by atoms with E-state index in [-0.39, 0.29) is 11.8 Å². The van der Waals surface area contributed by atoms with Gasteiger partial charge in [0.05, 0.1) is 24.5 Å². The number of aryl methyl sites for hydroxylation is 1. The predicted molar refractivity (Wildman–Crippen MR) is 75.5 cm³/mol. The maximum atomic E-state index is 10.9. The van der Waals surface area contributed by atoms with Gasteiger partial charge in [-0.05, 0) is 30.0 Å². The van der Waals surface area contributed by atoms with Crippen molar-refractivity contribution in [3.8, 4) is 0 Å². The Labute approximate surface area is 117 Å². The molecule has 0 amide bonds. The van der Waals surface area contributed by atoms with Crippen LogP contribution in [0.5, 0.6) is 0 Å². The number of hydrogen-bond acceptors (Lipinski definition) is 3. The monoisotopic (exact) mass is 271 g/mol. The zero-order valence-electron chi connectivity index (χ0n) is 11.3. The summed E-state index contributed by atoms with van der Waals surface area (Å²) in [6.45, 7) is 0.719. The SMILES string of the molecule is Cn1cncc1CNc1ccc([C@@H]2C[C@H]2C(=O)O)cc1. The summed E-state index contributed by atoms with van der Waals surface area (Å²) in [6, 6.07) is 8.03. The van der Waals surface area contributed by atoms with Crippen molar-refractivity contribution >= 4 is 11.7 Å². The molecule has 1 aromatic heterocycles. The Balaban J connectivity index is 1.60. The number of aliphatic carboxylic acids is 1. The smallest absolute Gasteiger partial charge is 0.307 e. The summed E-state index contributed by atoms with van der Waals surface area (Å²) < 4.78 is 1.98. The fourth-order valence-corrected chi connectivity index (χ4v) is 2.43. The van der Waals surface area contributed by atoms with E-state index in [0.29, 0.717) is 0 Å². The Hall–Kier alpha value is -2.30. The quantitative estimate of drug-likeness (QED) is 0.875. The number of nitrogens with one attached hydrogen (secondary N) is 1. The minimum absolute atomic E-state index is 0.191. The number of aromatic nitrogens is 2. The number of imidazole rings is 1. The molecule has 0 unspecified atom stereocenters. The Kier molecular flexibility index (Phi) is 3.18. The Morgan fingerprint density at radius 2 is 2.20 bits per heavy atom. The van der Waals surface area contributed by atoms with Gasteiger partial charge in [0, 0.05) is 18.9 Å². The van der Waals surface area contributed by atoms with Gasteiger partial charge in [-0.1, -0.05) is 12.1 Å². The number of carboxylic acid groups (broad SMARTS) is 1. The van der Waals surface area contributed by atoms with Crippen molar-refractivity contribution < 1.29 is 9.90 Å². The molecule has 0 aliphatic heterocycles. The summed E-state index contributed by atoms with van der Waals surface area (Å²) in [4.78, 5) is 14.9. The number of rotatable bonds is 5. The largest absolute Gasteiger partial charge is 0.481 e. The molecule has 0 radical (unpaired) electrons. The van der Waals surface area contributed by atoms with Crippen LogP contribution < -0.4 is 5.32 Å². The van der Waals surface area contributed by atoms with Gasteiger partial charge in [0.25, 0.3) is 0 Å². The number of carboxylic acids is 1. The summed E-state index contributed by atoms with van der Waals surface area (Å²) in [6.07, 6.45) is 4.37. The standard InChI is InChI=1S/C15H17N3O2/c1-18-9-16-7-12(18)8-17-11-4-2-10(3-5-11)13-6-14(13)15(19)20/h2-5,7,9,13-14,17H,6,8H2,1H3,(H,19,20)/t13-,14+/m0/s1. The normalized spacial score (nSPS) is 20.6. The van der Waals surface area contributed by atoms with E-state index in [4.69, 9.17) is 5.11 Å². The lowest BCUT2D eigenvalue weighted by atomic mass is 10.1. The molecule has 1 aromatic carbocycles. The summed E-state index contributed by atoms with van der Waals surface area (Å²) >= 11 is 0. The fourth-order valence-electron chi connectivity index (χ4n) is 2.43. The third kappa shape index (κ3) is 2.52. The van der Waals surface area contributed by atoms with E-state index < -0.39 is 5.97 Å². The minimum atomic E-state index is -0.687. The molecule has 0 spiro atoms. The number of anilines is 1. The van der Waals surface area contributed by atoms with Crippen LogP contribution in [0.25, 0.3) is 0 Å². The zero-order chi connectivity index (χ0) is 14.1. The fraction of sp³-hybridized carbons (Fsp3) is 0.333. The molecule has 0 bridgehead atoms. The highest BCUT2D eigenvalue weighted by Gasteiger charge is 2.43. The maximum absolute atomic E-state index is 10.9. The number of nitrogens with zero attached hydrogens (tertiary/aromatic N) is 2. The molecular weight excluding hydrogens is 254 g/mol. The molecule has 2 atom stereocenters. The van der Waals surface area contributed by atoms with Crippen LogP contribution in [0.4, 0.5) is 5.69 Å². The first-order valence-corrected chi connectivity index (χ1v) is 6.67. The highest BCUT2D eigenvalue weighted by molar-refractivity contribution is 5.75. The van der Waals surface area contributed by atoms with Crippen LogP contribution in [0.3, 0.4) is 0 Å². The first kappa shape index (κ1) is 12.7. The Morgan fingerprint density at radius 3 is 2.75 bits per heavy atom. The van der Waals surface area contributed by atoms with Gasteiger partial charge in [-0.2, -0.15) is 0 Å².